The summed E-state index contributed by atoms with van der Waals surface area (Å²) in [4.78, 5) is 12.1. The summed E-state index contributed by atoms with van der Waals surface area (Å²) < 4.78 is 0. The zero-order valence-corrected chi connectivity index (χ0v) is 17.5. The van der Waals surface area contributed by atoms with E-state index in [0.717, 1.165) is 16.7 Å². The number of carbonyl (C=O) groups is 1. The fourth-order valence-electron chi connectivity index (χ4n) is 3.14. The van der Waals surface area contributed by atoms with Crippen LogP contribution in [0.25, 0.3) is 0 Å². The maximum atomic E-state index is 12.1. The molecule has 0 aliphatic rings. The molecular weight excluding hydrogens is 328 g/mol. The Kier molecular flexibility index (Phi) is 12.2. The number of hydrogen-bond donors (Lipinski definition) is 0. The molecule has 1 nitrogen and oxygen atoms in total. The summed E-state index contributed by atoms with van der Waals surface area (Å²) >= 11 is 0. The first kappa shape index (κ1) is 24.3. The average Bonchev–Trinajstić information content (AvgIpc) is 2.74. The first-order valence-corrected chi connectivity index (χ1v) is 9.71. The minimum absolute atomic E-state index is 0.134. The Balaban J connectivity index is 0.00000158. The molecule has 0 aliphatic carbocycles. The first-order valence-electron chi connectivity index (χ1n) is 9.71. The van der Waals surface area contributed by atoms with Gasteiger partial charge in [-0.1, -0.05) is 120 Å². The van der Waals surface area contributed by atoms with Crippen molar-refractivity contribution < 1.29 is 4.79 Å². The Hall–Kier alpha value is -2.67. The van der Waals surface area contributed by atoms with Crippen molar-refractivity contribution in [2.75, 3.05) is 0 Å². The largest absolute Gasteiger partial charge is 0.300 e. The van der Waals surface area contributed by atoms with Crippen molar-refractivity contribution in [2.45, 2.75) is 46.5 Å². The molecule has 144 valence electrons. The highest BCUT2D eigenvalue weighted by atomic mass is 16.1. The quantitative estimate of drug-likeness (QED) is 0.472. The molecule has 0 unspecified atom stereocenters. The fraction of sp³-hybridized carbons (Fsp3) is 0.269. The molecule has 0 radical (unpaired) electrons. The van der Waals surface area contributed by atoms with Crippen molar-refractivity contribution in [3.63, 3.8) is 0 Å². The lowest BCUT2D eigenvalue weighted by molar-refractivity contribution is -0.117. The van der Waals surface area contributed by atoms with E-state index in [9.17, 15) is 4.79 Å². The fourth-order valence-corrected chi connectivity index (χ4v) is 3.14. The van der Waals surface area contributed by atoms with E-state index in [-0.39, 0.29) is 5.78 Å². The standard InChI is InChI=1S/C22H22O.2C2H6/c1-4-12-19(5-2)22(17-18(3)23,20-13-8-6-9-14-20)21-15-10-7-11-16-21;2*1-2/h4-16H,1-2,17H2,3H3;2*1-2H3/b19-12+;;. The number of carbonyl (C=O) groups excluding carboxylic acids is 1. The van der Waals surface area contributed by atoms with E-state index >= 15 is 0 Å². The Labute approximate surface area is 166 Å². The molecule has 0 aliphatic heterocycles. The highest BCUT2D eigenvalue weighted by molar-refractivity contribution is 5.80. The van der Waals surface area contributed by atoms with Crippen molar-refractivity contribution in [1.29, 1.82) is 0 Å². The second-order valence-electron chi connectivity index (χ2n) is 5.58. The van der Waals surface area contributed by atoms with Gasteiger partial charge in [-0.25, -0.2) is 0 Å². The molecule has 2 aromatic rings. The van der Waals surface area contributed by atoms with Crippen molar-refractivity contribution in [3.05, 3.63) is 109 Å². The Morgan fingerprint density at radius 1 is 0.852 bits per heavy atom. The van der Waals surface area contributed by atoms with E-state index in [2.05, 4.69) is 37.4 Å². The molecule has 0 N–H and O–H groups in total. The van der Waals surface area contributed by atoms with Gasteiger partial charge in [-0.05, 0) is 23.6 Å². The lowest BCUT2D eigenvalue weighted by Crippen LogP contribution is -2.32. The van der Waals surface area contributed by atoms with Crippen LogP contribution < -0.4 is 0 Å². The number of benzene rings is 2. The van der Waals surface area contributed by atoms with Crippen molar-refractivity contribution in [2.24, 2.45) is 0 Å². The van der Waals surface area contributed by atoms with Gasteiger partial charge in [0.25, 0.3) is 0 Å². The van der Waals surface area contributed by atoms with Gasteiger partial charge in [-0.2, -0.15) is 0 Å². The van der Waals surface area contributed by atoms with Gasteiger partial charge >= 0.3 is 0 Å². The molecule has 2 rings (SSSR count). The molecule has 0 spiro atoms. The van der Waals surface area contributed by atoms with Gasteiger partial charge < -0.3 is 0 Å². The third-order valence-electron chi connectivity index (χ3n) is 4.06. The third kappa shape index (κ3) is 6.21. The molecule has 0 saturated heterocycles. The number of ketones is 1. The third-order valence-corrected chi connectivity index (χ3v) is 4.06. The van der Waals surface area contributed by atoms with Crippen LogP contribution >= 0.6 is 0 Å². The van der Waals surface area contributed by atoms with Crippen LogP contribution in [-0.4, -0.2) is 5.78 Å². The van der Waals surface area contributed by atoms with Gasteiger partial charge in [-0.3, -0.25) is 4.79 Å². The highest BCUT2D eigenvalue weighted by Gasteiger charge is 2.37. The zero-order chi connectivity index (χ0) is 20.7. The molecule has 1 heteroatoms. The summed E-state index contributed by atoms with van der Waals surface area (Å²) in [6.07, 6.45) is 5.89. The maximum Gasteiger partial charge on any atom is 0.131 e. The molecule has 0 aromatic heterocycles. The molecule has 0 saturated carbocycles. The number of Topliss-reactive ketones (excluding diaryl/α,β-unsaturated/α-hetero) is 1. The highest BCUT2D eigenvalue weighted by Crippen LogP contribution is 2.43. The smallest absolute Gasteiger partial charge is 0.131 e. The maximum absolute atomic E-state index is 12.1. The second kappa shape index (κ2) is 13.5. The Morgan fingerprint density at radius 3 is 1.56 bits per heavy atom. The number of allylic oxidation sites excluding steroid dienone is 4. The monoisotopic (exact) mass is 362 g/mol. The van der Waals surface area contributed by atoms with E-state index in [1.165, 1.54) is 0 Å². The predicted molar refractivity (Wildman–Crippen MR) is 120 cm³/mol. The second-order valence-corrected chi connectivity index (χ2v) is 5.58. The topological polar surface area (TPSA) is 17.1 Å². The predicted octanol–water partition coefficient (Wildman–Crippen LogP) is 7.30. The van der Waals surface area contributed by atoms with Gasteiger partial charge in [0.1, 0.15) is 5.78 Å². The summed E-state index contributed by atoms with van der Waals surface area (Å²) in [5, 5.41) is 0. The van der Waals surface area contributed by atoms with E-state index in [4.69, 9.17) is 0 Å². The minimum atomic E-state index is -0.551. The normalized spacial score (nSPS) is 10.5. The van der Waals surface area contributed by atoms with Crippen LogP contribution in [0.3, 0.4) is 0 Å². The van der Waals surface area contributed by atoms with Crippen LogP contribution in [-0.2, 0) is 10.2 Å². The summed E-state index contributed by atoms with van der Waals surface area (Å²) in [7, 11) is 0. The van der Waals surface area contributed by atoms with Gasteiger partial charge in [-0.15, -0.1) is 0 Å². The molecule has 0 fully saturated rings. The summed E-state index contributed by atoms with van der Waals surface area (Å²) in [6, 6.07) is 20.2. The van der Waals surface area contributed by atoms with E-state index in [1.807, 2.05) is 76.2 Å². The lowest BCUT2D eigenvalue weighted by atomic mass is 9.66. The zero-order valence-electron chi connectivity index (χ0n) is 17.5. The van der Waals surface area contributed by atoms with E-state index < -0.39 is 5.41 Å². The number of hydrogen-bond acceptors (Lipinski definition) is 1. The molecular formula is C26H34O. The van der Waals surface area contributed by atoms with Crippen LogP contribution in [0.15, 0.2) is 97.6 Å². The molecule has 0 atom stereocenters. The van der Waals surface area contributed by atoms with Crippen molar-refractivity contribution >= 4 is 5.78 Å². The van der Waals surface area contributed by atoms with E-state index in [1.54, 1.807) is 13.0 Å². The lowest BCUT2D eigenvalue weighted by Gasteiger charge is -2.36. The molecule has 27 heavy (non-hydrogen) atoms. The molecule has 0 heterocycles. The van der Waals surface area contributed by atoms with Gasteiger partial charge in [0.05, 0.1) is 5.41 Å². The van der Waals surface area contributed by atoms with Gasteiger partial charge in [0.15, 0.2) is 0 Å². The van der Waals surface area contributed by atoms with Gasteiger partial charge in [0, 0.05) is 6.42 Å². The molecule has 0 amide bonds. The van der Waals surface area contributed by atoms with Crippen molar-refractivity contribution in [1.82, 2.24) is 0 Å². The van der Waals surface area contributed by atoms with Gasteiger partial charge in [0.2, 0.25) is 0 Å². The SMILES string of the molecule is C=C/C=C(\C=C)C(CC(C)=O)(c1ccccc1)c1ccccc1.CC.CC. The summed E-state index contributed by atoms with van der Waals surface area (Å²) in [5.74, 6) is 0.134. The first-order chi connectivity index (χ1) is 13.1. The Morgan fingerprint density at radius 2 is 1.26 bits per heavy atom. The number of rotatable bonds is 7. The molecule has 0 bridgehead atoms. The van der Waals surface area contributed by atoms with Crippen LogP contribution in [0.1, 0.15) is 52.2 Å². The van der Waals surface area contributed by atoms with E-state index in [0.29, 0.717) is 6.42 Å². The summed E-state index contributed by atoms with van der Waals surface area (Å²) in [5.41, 5.74) is 2.58. The van der Waals surface area contributed by atoms with Crippen LogP contribution in [0.2, 0.25) is 0 Å². The Bertz CT molecular complexity index is 669. The van der Waals surface area contributed by atoms with Crippen LogP contribution in [0, 0.1) is 0 Å². The summed E-state index contributed by atoms with van der Waals surface area (Å²) in [6.45, 7) is 17.4. The average molecular weight is 363 g/mol. The van der Waals surface area contributed by atoms with Crippen molar-refractivity contribution in [3.8, 4) is 0 Å². The van der Waals surface area contributed by atoms with Crippen LogP contribution in [0.4, 0.5) is 0 Å². The van der Waals surface area contributed by atoms with Crippen LogP contribution in [0.5, 0.6) is 0 Å². The minimum Gasteiger partial charge on any atom is -0.300 e. The molecule has 2 aromatic carbocycles.